The van der Waals surface area contributed by atoms with Gasteiger partial charge in [0.2, 0.25) is 5.75 Å². The SMILES string of the molecule is COc1ccc(/C=C2/Oc3ccccc3/C2=N\OS(=O)(=O)c2ccc(C)cc2)c(OC)c1OC. The van der Waals surface area contributed by atoms with Crippen LogP contribution in [0, 0.1) is 6.92 Å². The molecule has 1 aliphatic heterocycles. The van der Waals surface area contributed by atoms with E-state index in [9.17, 15) is 8.42 Å². The van der Waals surface area contributed by atoms with Crippen molar-refractivity contribution in [2.24, 2.45) is 5.16 Å². The molecule has 0 spiro atoms. The topological polar surface area (TPSA) is 92.7 Å². The number of benzene rings is 3. The molecule has 0 aromatic heterocycles. The summed E-state index contributed by atoms with van der Waals surface area (Å²) in [7, 11) is 0.423. The van der Waals surface area contributed by atoms with E-state index in [0.717, 1.165) is 5.56 Å². The Labute approximate surface area is 198 Å². The summed E-state index contributed by atoms with van der Waals surface area (Å²) >= 11 is 0. The molecule has 4 rings (SSSR count). The zero-order valence-corrected chi connectivity index (χ0v) is 19.9. The minimum absolute atomic E-state index is 0.00161. The molecule has 0 bridgehead atoms. The normalized spacial score (nSPS) is 15.1. The first-order valence-electron chi connectivity index (χ1n) is 10.2. The largest absolute Gasteiger partial charge is 0.493 e. The minimum atomic E-state index is -4.13. The fourth-order valence-electron chi connectivity index (χ4n) is 3.46. The Bertz CT molecular complexity index is 1380. The molecule has 0 radical (unpaired) electrons. The molecule has 1 heterocycles. The Morgan fingerprint density at radius 2 is 1.56 bits per heavy atom. The van der Waals surface area contributed by atoms with Crippen molar-refractivity contribution in [3.8, 4) is 23.0 Å². The van der Waals surface area contributed by atoms with E-state index in [1.165, 1.54) is 33.5 Å². The molecule has 176 valence electrons. The monoisotopic (exact) mass is 481 g/mol. The van der Waals surface area contributed by atoms with Crippen molar-refractivity contribution in [1.82, 2.24) is 0 Å². The number of methoxy groups -OCH3 is 3. The molecule has 0 atom stereocenters. The molecule has 0 saturated carbocycles. The second kappa shape index (κ2) is 9.48. The van der Waals surface area contributed by atoms with Gasteiger partial charge in [-0.25, -0.2) is 0 Å². The lowest BCUT2D eigenvalue weighted by atomic mass is 10.1. The van der Waals surface area contributed by atoms with Gasteiger partial charge in [-0.2, -0.15) is 8.42 Å². The van der Waals surface area contributed by atoms with Gasteiger partial charge in [0.25, 0.3) is 0 Å². The molecule has 1 aliphatic rings. The Balaban J connectivity index is 1.78. The number of oxime groups is 1. The van der Waals surface area contributed by atoms with Crippen molar-refractivity contribution >= 4 is 21.9 Å². The van der Waals surface area contributed by atoms with Gasteiger partial charge in [-0.3, -0.25) is 4.28 Å². The summed E-state index contributed by atoms with van der Waals surface area (Å²) < 4.78 is 52.7. The van der Waals surface area contributed by atoms with E-state index in [-0.39, 0.29) is 16.4 Å². The lowest BCUT2D eigenvalue weighted by molar-refractivity contribution is 0.324. The van der Waals surface area contributed by atoms with Crippen LogP contribution in [0.25, 0.3) is 6.08 Å². The molecule has 0 saturated heterocycles. The van der Waals surface area contributed by atoms with Crippen molar-refractivity contribution < 1.29 is 31.6 Å². The van der Waals surface area contributed by atoms with Gasteiger partial charge in [-0.05, 0) is 49.4 Å². The van der Waals surface area contributed by atoms with Gasteiger partial charge >= 0.3 is 10.1 Å². The predicted molar refractivity (Wildman–Crippen MR) is 127 cm³/mol. The van der Waals surface area contributed by atoms with Gasteiger partial charge in [0.05, 0.1) is 26.9 Å². The van der Waals surface area contributed by atoms with Crippen LogP contribution < -0.4 is 18.9 Å². The summed E-state index contributed by atoms with van der Waals surface area (Å²) in [6, 6.07) is 16.9. The summed E-state index contributed by atoms with van der Waals surface area (Å²) in [5, 5.41) is 3.98. The van der Waals surface area contributed by atoms with Gasteiger partial charge < -0.3 is 18.9 Å². The highest BCUT2D eigenvalue weighted by atomic mass is 32.2. The van der Waals surface area contributed by atoms with E-state index in [1.54, 1.807) is 54.6 Å². The van der Waals surface area contributed by atoms with Crippen molar-refractivity contribution in [3.05, 3.63) is 83.1 Å². The molecule has 9 heteroatoms. The molecule has 3 aromatic rings. The van der Waals surface area contributed by atoms with Crippen molar-refractivity contribution in [1.29, 1.82) is 0 Å². The van der Waals surface area contributed by atoms with Crippen LogP contribution in [-0.4, -0.2) is 35.5 Å². The van der Waals surface area contributed by atoms with Gasteiger partial charge in [-0.15, -0.1) is 0 Å². The molecule has 0 unspecified atom stereocenters. The number of allylic oxidation sites excluding steroid dienone is 1. The quantitative estimate of drug-likeness (QED) is 0.457. The Morgan fingerprint density at radius 1 is 0.853 bits per heavy atom. The lowest BCUT2D eigenvalue weighted by Crippen LogP contribution is -2.07. The molecule has 34 heavy (non-hydrogen) atoms. The third-order valence-electron chi connectivity index (χ3n) is 5.15. The van der Waals surface area contributed by atoms with Gasteiger partial charge in [0.1, 0.15) is 10.6 Å². The Morgan fingerprint density at radius 3 is 2.24 bits per heavy atom. The number of rotatable bonds is 7. The second-order valence-electron chi connectivity index (χ2n) is 7.31. The van der Waals surface area contributed by atoms with Crippen LogP contribution in [0.2, 0.25) is 0 Å². The number of hydrogen-bond acceptors (Lipinski definition) is 8. The fourth-order valence-corrected chi connectivity index (χ4v) is 4.18. The van der Waals surface area contributed by atoms with E-state index in [1.807, 2.05) is 6.92 Å². The number of aryl methyl sites for hydroxylation is 1. The number of hydrogen-bond donors (Lipinski definition) is 0. The summed E-state index contributed by atoms with van der Waals surface area (Å²) in [5.74, 6) is 2.13. The maximum absolute atomic E-state index is 12.7. The highest BCUT2D eigenvalue weighted by Crippen LogP contribution is 2.42. The number of ether oxygens (including phenoxy) is 4. The Kier molecular flexibility index (Phi) is 6.47. The van der Waals surface area contributed by atoms with E-state index < -0.39 is 10.1 Å². The van der Waals surface area contributed by atoms with Crippen LogP contribution >= 0.6 is 0 Å². The smallest absolute Gasteiger partial charge is 0.358 e. The highest BCUT2D eigenvalue weighted by Gasteiger charge is 2.28. The third kappa shape index (κ3) is 4.42. The average molecular weight is 482 g/mol. The fraction of sp³-hybridized carbons (Fsp3) is 0.160. The molecule has 0 amide bonds. The zero-order valence-electron chi connectivity index (χ0n) is 19.1. The van der Waals surface area contributed by atoms with Crippen LogP contribution in [-0.2, 0) is 14.4 Å². The minimum Gasteiger partial charge on any atom is -0.493 e. The van der Waals surface area contributed by atoms with Crippen LogP contribution in [0.3, 0.4) is 0 Å². The lowest BCUT2D eigenvalue weighted by Gasteiger charge is -2.14. The predicted octanol–water partition coefficient (Wildman–Crippen LogP) is 4.56. The van der Waals surface area contributed by atoms with Gasteiger partial charge in [0.15, 0.2) is 23.0 Å². The summed E-state index contributed by atoms with van der Waals surface area (Å²) in [5.41, 5.74) is 2.35. The zero-order chi connectivity index (χ0) is 24.3. The van der Waals surface area contributed by atoms with Gasteiger partial charge in [0, 0.05) is 5.56 Å². The molecule has 8 nitrogen and oxygen atoms in total. The van der Waals surface area contributed by atoms with Crippen molar-refractivity contribution in [2.45, 2.75) is 11.8 Å². The number of fused-ring (bicyclic) bond motifs is 1. The first-order valence-corrected chi connectivity index (χ1v) is 11.7. The summed E-state index contributed by atoms with van der Waals surface area (Å²) in [4.78, 5) is 0.00161. The second-order valence-corrected chi connectivity index (χ2v) is 8.84. The van der Waals surface area contributed by atoms with Crippen LogP contribution in [0.4, 0.5) is 0 Å². The maximum Gasteiger partial charge on any atom is 0.358 e. The van der Waals surface area contributed by atoms with E-state index in [0.29, 0.717) is 34.1 Å². The third-order valence-corrected chi connectivity index (χ3v) is 6.27. The molecule has 0 N–H and O–H groups in total. The standard InChI is InChI=1S/C25H23NO7S/c1-16-9-12-18(13-10-16)34(27,28)33-26-23-19-7-5-6-8-20(19)32-22(23)15-17-11-14-21(29-2)25(31-4)24(17)30-3/h5-15H,1-4H3/b22-15+,26-23+. The Hall–Kier alpha value is -3.98. The average Bonchev–Trinajstić information content (AvgIpc) is 3.19. The highest BCUT2D eigenvalue weighted by molar-refractivity contribution is 7.86. The van der Waals surface area contributed by atoms with Crippen LogP contribution in [0.15, 0.2) is 76.5 Å². The van der Waals surface area contributed by atoms with Crippen LogP contribution in [0.1, 0.15) is 16.7 Å². The summed E-state index contributed by atoms with van der Waals surface area (Å²) in [6.45, 7) is 1.86. The summed E-state index contributed by atoms with van der Waals surface area (Å²) in [6.07, 6.45) is 1.67. The maximum atomic E-state index is 12.7. The first kappa shape index (κ1) is 23.2. The van der Waals surface area contributed by atoms with E-state index >= 15 is 0 Å². The first-order chi connectivity index (χ1) is 16.4. The van der Waals surface area contributed by atoms with E-state index in [2.05, 4.69) is 5.16 Å². The molecular formula is C25H23NO7S. The molecule has 3 aromatic carbocycles. The van der Waals surface area contributed by atoms with Crippen molar-refractivity contribution in [2.75, 3.05) is 21.3 Å². The molecule has 0 fully saturated rings. The number of para-hydroxylation sites is 1. The molecule has 0 aliphatic carbocycles. The van der Waals surface area contributed by atoms with Gasteiger partial charge in [-0.1, -0.05) is 35.0 Å². The van der Waals surface area contributed by atoms with Crippen LogP contribution in [0.5, 0.6) is 23.0 Å². The van der Waals surface area contributed by atoms with E-state index in [4.69, 9.17) is 23.2 Å². The number of nitrogens with zero attached hydrogens (tertiary/aromatic N) is 1. The molecular weight excluding hydrogens is 458 g/mol. The van der Waals surface area contributed by atoms with Crippen molar-refractivity contribution in [3.63, 3.8) is 0 Å².